The zero-order chi connectivity index (χ0) is 17.0. The third-order valence-corrected chi connectivity index (χ3v) is 4.83. The van der Waals surface area contributed by atoms with Crippen LogP contribution in [0.5, 0.6) is 0 Å². The molecule has 0 saturated carbocycles. The van der Waals surface area contributed by atoms with Crippen LogP contribution in [0.15, 0.2) is 46.4 Å². The molecular formula is C17H23N3O2S. The largest absolute Gasteiger partial charge is 0.348 e. The van der Waals surface area contributed by atoms with Gasteiger partial charge in [0.05, 0.1) is 11.1 Å². The van der Waals surface area contributed by atoms with Crippen LogP contribution < -0.4 is 4.83 Å². The van der Waals surface area contributed by atoms with Gasteiger partial charge in [-0.3, -0.25) is 0 Å². The first-order chi connectivity index (χ1) is 10.8. The molecule has 1 aromatic carbocycles. The highest BCUT2D eigenvalue weighted by Crippen LogP contribution is 2.15. The van der Waals surface area contributed by atoms with Crippen molar-refractivity contribution < 1.29 is 8.42 Å². The van der Waals surface area contributed by atoms with E-state index in [1.165, 1.54) is 12.1 Å². The lowest BCUT2D eigenvalue weighted by Gasteiger charge is -2.11. The van der Waals surface area contributed by atoms with Crippen molar-refractivity contribution in [2.45, 2.75) is 39.1 Å². The van der Waals surface area contributed by atoms with E-state index in [4.69, 9.17) is 0 Å². The van der Waals surface area contributed by atoms with Gasteiger partial charge in [-0.1, -0.05) is 32.0 Å². The highest BCUT2D eigenvalue weighted by atomic mass is 32.2. The van der Waals surface area contributed by atoms with Crippen LogP contribution in [0, 0.1) is 19.8 Å². The number of hydrazone groups is 1. The molecule has 1 N–H and O–H groups in total. The van der Waals surface area contributed by atoms with Gasteiger partial charge in [-0.25, -0.2) is 4.83 Å². The summed E-state index contributed by atoms with van der Waals surface area (Å²) in [5.41, 5.74) is 3.14. The van der Waals surface area contributed by atoms with E-state index in [1.807, 2.05) is 19.9 Å². The Labute approximate surface area is 138 Å². The topological polar surface area (TPSA) is 63.5 Å². The Morgan fingerprint density at radius 3 is 2.48 bits per heavy atom. The molecule has 0 unspecified atom stereocenters. The van der Waals surface area contributed by atoms with Crippen molar-refractivity contribution in [2.24, 2.45) is 11.0 Å². The van der Waals surface area contributed by atoms with Gasteiger partial charge in [0.2, 0.25) is 0 Å². The maximum atomic E-state index is 12.1. The highest BCUT2D eigenvalue weighted by molar-refractivity contribution is 7.89. The highest BCUT2D eigenvalue weighted by Gasteiger charge is 2.12. The maximum absolute atomic E-state index is 12.1. The molecule has 0 amide bonds. The van der Waals surface area contributed by atoms with Gasteiger partial charge in [0.1, 0.15) is 0 Å². The van der Waals surface area contributed by atoms with Gasteiger partial charge in [0.25, 0.3) is 10.0 Å². The first kappa shape index (κ1) is 17.3. The summed E-state index contributed by atoms with van der Waals surface area (Å²) >= 11 is 0. The van der Waals surface area contributed by atoms with Crippen molar-refractivity contribution in [3.05, 3.63) is 53.3 Å². The minimum Gasteiger partial charge on any atom is -0.348 e. The Kier molecular flexibility index (Phi) is 5.26. The average molecular weight is 333 g/mol. The van der Waals surface area contributed by atoms with Gasteiger partial charge in [-0.15, -0.1) is 0 Å². The van der Waals surface area contributed by atoms with Crippen LogP contribution in [0.1, 0.15) is 30.8 Å². The molecule has 0 spiro atoms. The monoisotopic (exact) mass is 333 g/mol. The van der Waals surface area contributed by atoms with E-state index < -0.39 is 10.0 Å². The molecule has 2 aromatic rings. The lowest BCUT2D eigenvalue weighted by Crippen LogP contribution is -2.18. The van der Waals surface area contributed by atoms with Crippen LogP contribution in [-0.2, 0) is 16.6 Å². The Hall–Kier alpha value is -2.08. The number of hydrogen-bond donors (Lipinski definition) is 1. The summed E-state index contributed by atoms with van der Waals surface area (Å²) in [6, 6.07) is 10.2. The second-order valence-electron chi connectivity index (χ2n) is 6.00. The predicted molar refractivity (Wildman–Crippen MR) is 93.1 cm³/mol. The summed E-state index contributed by atoms with van der Waals surface area (Å²) in [6.45, 7) is 9.33. The Balaban J connectivity index is 2.15. The molecule has 0 bridgehead atoms. The van der Waals surface area contributed by atoms with Crippen molar-refractivity contribution in [3.8, 4) is 0 Å². The van der Waals surface area contributed by atoms with Gasteiger partial charge < -0.3 is 4.57 Å². The number of nitrogens with zero attached hydrogens (tertiary/aromatic N) is 2. The molecule has 2 rings (SSSR count). The van der Waals surface area contributed by atoms with E-state index in [0.29, 0.717) is 5.92 Å². The molecule has 0 saturated heterocycles. The number of hydrogen-bond acceptors (Lipinski definition) is 3. The summed E-state index contributed by atoms with van der Waals surface area (Å²) in [6.07, 6.45) is 1.56. The van der Waals surface area contributed by atoms with Crippen LogP contribution in [-0.4, -0.2) is 19.2 Å². The fourth-order valence-electron chi connectivity index (χ4n) is 2.42. The molecule has 0 aliphatic carbocycles. The molecule has 124 valence electrons. The molecule has 0 aliphatic heterocycles. The molecule has 1 heterocycles. The molecular weight excluding hydrogens is 310 g/mol. The van der Waals surface area contributed by atoms with Crippen molar-refractivity contribution in [1.82, 2.24) is 9.40 Å². The lowest BCUT2D eigenvalue weighted by atomic mass is 10.2. The normalized spacial score (nSPS) is 12.2. The SMILES string of the molecule is Cc1cc(C=NNS(=O)(=O)c2ccccc2)c(C)n1CC(C)C. The maximum Gasteiger partial charge on any atom is 0.276 e. The first-order valence-electron chi connectivity index (χ1n) is 7.58. The summed E-state index contributed by atoms with van der Waals surface area (Å²) in [4.78, 5) is 2.45. The minimum absolute atomic E-state index is 0.197. The predicted octanol–water partition coefficient (Wildman–Crippen LogP) is 3.07. The van der Waals surface area contributed by atoms with Gasteiger partial charge in [0, 0.05) is 23.5 Å². The number of aryl methyl sites for hydroxylation is 1. The van der Waals surface area contributed by atoms with E-state index in [1.54, 1.807) is 24.4 Å². The zero-order valence-corrected chi connectivity index (χ0v) is 14.8. The molecule has 6 heteroatoms. The van der Waals surface area contributed by atoms with E-state index in [9.17, 15) is 8.42 Å². The second kappa shape index (κ2) is 7.00. The quantitative estimate of drug-likeness (QED) is 0.652. The number of sulfonamides is 1. The summed E-state index contributed by atoms with van der Waals surface area (Å²) in [5.74, 6) is 0.543. The summed E-state index contributed by atoms with van der Waals surface area (Å²) in [5, 5.41) is 3.91. The van der Waals surface area contributed by atoms with Crippen molar-refractivity contribution in [3.63, 3.8) is 0 Å². The summed E-state index contributed by atoms with van der Waals surface area (Å²) < 4.78 is 26.4. The van der Waals surface area contributed by atoms with E-state index >= 15 is 0 Å². The smallest absolute Gasteiger partial charge is 0.276 e. The molecule has 0 aliphatic rings. The van der Waals surface area contributed by atoms with E-state index in [2.05, 4.69) is 28.3 Å². The third kappa shape index (κ3) is 4.22. The van der Waals surface area contributed by atoms with E-state index in [0.717, 1.165) is 23.5 Å². The summed E-state index contributed by atoms with van der Waals surface area (Å²) in [7, 11) is -3.62. The van der Waals surface area contributed by atoms with E-state index in [-0.39, 0.29) is 4.90 Å². The minimum atomic E-state index is -3.62. The molecule has 5 nitrogen and oxygen atoms in total. The number of nitrogens with one attached hydrogen (secondary N) is 1. The number of aromatic nitrogens is 1. The van der Waals surface area contributed by atoms with Gasteiger partial charge in [-0.05, 0) is 38.0 Å². The van der Waals surface area contributed by atoms with Gasteiger partial charge in [-0.2, -0.15) is 13.5 Å². The average Bonchev–Trinajstić information content (AvgIpc) is 2.75. The second-order valence-corrected chi connectivity index (χ2v) is 7.66. The fraction of sp³-hybridized carbons (Fsp3) is 0.353. The van der Waals surface area contributed by atoms with Crippen LogP contribution in [0.2, 0.25) is 0 Å². The number of benzene rings is 1. The Bertz CT molecular complexity index is 791. The Morgan fingerprint density at radius 2 is 1.87 bits per heavy atom. The lowest BCUT2D eigenvalue weighted by molar-refractivity contribution is 0.509. The zero-order valence-electron chi connectivity index (χ0n) is 13.9. The van der Waals surface area contributed by atoms with Crippen molar-refractivity contribution >= 4 is 16.2 Å². The Morgan fingerprint density at radius 1 is 1.22 bits per heavy atom. The van der Waals surface area contributed by atoms with Crippen LogP contribution in [0.4, 0.5) is 0 Å². The van der Waals surface area contributed by atoms with Crippen LogP contribution in [0.25, 0.3) is 0 Å². The number of rotatable bonds is 6. The molecule has 23 heavy (non-hydrogen) atoms. The van der Waals surface area contributed by atoms with Crippen LogP contribution in [0.3, 0.4) is 0 Å². The van der Waals surface area contributed by atoms with Crippen molar-refractivity contribution in [1.29, 1.82) is 0 Å². The molecule has 0 fully saturated rings. The van der Waals surface area contributed by atoms with Crippen molar-refractivity contribution in [2.75, 3.05) is 0 Å². The first-order valence-corrected chi connectivity index (χ1v) is 9.06. The molecule has 0 atom stereocenters. The van der Waals surface area contributed by atoms with Gasteiger partial charge in [0.15, 0.2) is 0 Å². The standard InChI is InChI=1S/C17H23N3O2S/c1-13(2)12-20-14(3)10-16(15(20)4)11-18-19-23(21,22)17-8-6-5-7-9-17/h5-11,13,19H,12H2,1-4H3. The third-order valence-electron chi connectivity index (χ3n) is 3.59. The molecule has 0 radical (unpaired) electrons. The van der Waals surface area contributed by atoms with Gasteiger partial charge >= 0.3 is 0 Å². The fourth-order valence-corrected chi connectivity index (χ4v) is 3.23. The van der Waals surface area contributed by atoms with Crippen LogP contribution >= 0.6 is 0 Å². The molecule has 1 aromatic heterocycles.